The van der Waals surface area contributed by atoms with Crippen LogP contribution in [-0.2, 0) is 9.59 Å². The van der Waals surface area contributed by atoms with E-state index in [1.165, 1.54) is 13.8 Å². The van der Waals surface area contributed by atoms with Crippen molar-refractivity contribution in [3.63, 3.8) is 0 Å². The molecule has 0 atom stereocenters. The summed E-state index contributed by atoms with van der Waals surface area (Å²) in [6.45, 7) is 2.72. The number of rotatable bonds is 3. The lowest BCUT2D eigenvalue weighted by Gasteiger charge is -2.18. The van der Waals surface area contributed by atoms with Crippen molar-refractivity contribution in [2.24, 2.45) is 5.41 Å². The highest BCUT2D eigenvalue weighted by molar-refractivity contribution is 6.08. The van der Waals surface area contributed by atoms with Crippen LogP contribution in [0.1, 0.15) is 13.8 Å². The fraction of sp³-hybridized carbons (Fsp3) is 0.250. The molecular formula is C12H13N3O3. The lowest BCUT2D eigenvalue weighted by Crippen LogP contribution is -2.37. The van der Waals surface area contributed by atoms with E-state index < -0.39 is 17.3 Å². The van der Waals surface area contributed by atoms with Crippen molar-refractivity contribution >= 4 is 28.6 Å². The van der Waals surface area contributed by atoms with E-state index in [2.05, 4.69) is 15.3 Å². The lowest BCUT2D eigenvalue weighted by molar-refractivity contribution is -0.151. The average molecular weight is 247 g/mol. The van der Waals surface area contributed by atoms with Gasteiger partial charge in [-0.1, -0.05) is 0 Å². The molecule has 1 aromatic carbocycles. The second-order valence-electron chi connectivity index (χ2n) is 4.52. The van der Waals surface area contributed by atoms with Gasteiger partial charge in [-0.05, 0) is 32.0 Å². The zero-order chi connectivity index (χ0) is 13.3. The number of H-pyrrole nitrogens is 1. The van der Waals surface area contributed by atoms with Gasteiger partial charge in [0.1, 0.15) is 5.41 Å². The van der Waals surface area contributed by atoms with Gasteiger partial charge in [-0.3, -0.25) is 9.59 Å². The number of nitrogens with zero attached hydrogens (tertiary/aromatic N) is 1. The molecule has 0 aliphatic heterocycles. The van der Waals surface area contributed by atoms with E-state index in [1.54, 1.807) is 24.5 Å². The molecule has 0 bridgehead atoms. The molecule has 6 heteroatoms. The van der Waals surface area contributed by atoms with Crippen LogP contribution in [0.15, 0.2) is 24.5 Å². The number of fused-ring (bicyclic) bond motifs is 1. The standard InChI is InChI=1S/C12H13N3O3/c1-12(2,11(17)18)10(16)15-7-3-4-8-9(5-7)14-6-13-8/h3-6H,1-2H3,(H,13,14)(H,15,16)(H,17,18). The summed E-state index contributed by atoms with van der Waals surface area (Å²) < 4.78 is 0. The number of carbonyl (C=O) groups excluding carboxylic acids is 1. The number of hydrogen-bond acceptors (Lipinski definition) is 3. The summed E-state index contributed by atoms with van der Waals surface area (Å²) in [5, 5.41) is 11.5. The van der Waals surface area contributed by atoms with Crippen molar-refractivity contribution in [3.05, 3.63) is 24.5 Å². The molecule has 0 spiro atoms. The van der Waals surface area contributed by atoms with E-state index in [1.807, 2.05) is 0 Å². The van der Waals surface area contributed by atoms with Crippen molar-refractivity contribution < 1.29 is 14.7 Å². The monoisotopic (exact) mass is 247 g/mol. The first-order chi connectivity index (χ1) is 8.41. The van der Waals surface area contributed by atoms with E-state index in [4.69, 9.17) is 5.11 Å². The number of imidazole rings is 1. The van der Waals surface area contributed by atoms with Crippen LogP contribution in [0.2, 0.25) is 0 Å². The van der Waals surface area contributed by atoms with Crippen molar-refractivity contribution in [2.75, 3.05) is 5.32 Å². The highest BCUT2D eigenvalue weighted by Crippen LogP contribution is 2.21. The maximum Gasteiger partial charge on any atom is 0.318 e. The average Bonchev–Trinajstić information content (AvgIpc) is 2.75. The number of aliphatic carboxylic acids is 1. The van der Waals surface area contributed by atoms with E-state index in [0.717, 1.165) is 11.0 Å². The zero-order valence-corrected chi connectivity index (χ0v) is 10.0. The van der Waals surface area contributed by atoms with Crippen LogP contribution in [0, 0.1) is 5.41 Å². The number of benzene rings is 1. The van der Waals surface area contributed by atoms with Crippen molar-refractivity contribution in [1.29, 1.82) is 0 Å². The van der Waals surface area contributed by atoms with Gasteiger partial charge in [0.05, 0.1) is 17.4 Å². The van der Waals surface area contributed by atoms with Gasteiger partial charge in [0.2, 0.25) is 5.91 Å². The Morgan fingerprint density at radius 2 is 2.11 bits per heavy atom. The van der Waals surface area contributed by atoms with Gasteiger partial charge in [0, 0.05) is 5.69 Å². The second kappa shape index (κ2) is 4.14. The molecule has 1 heterocycles. The molecule has 0 radical (unpaired) electrons. The third-order valence-electron chi connectivity index (χ3n) is 2.78. The Hall–Kier alpha value is -2.37. The summed E-state index contributed by atoms with van der Waals surface area (Å²) in [5.41, 5.74) is 0.626. The quantitative estimate of drug-likeness (QED) is 0.718. The largest absolute Gasteiger partial charge is 0.480 e. The number of hydrogen-bond donors (Lipinski definition) is 3. The van der Waals surface area contributed by atoms with Crippen LogP contribution >= 0.6 is 0 Å². The summed E-state index contributed by atoms with van der Waals surface area (Å²) in [7, 11) is 0. The van der Waals surface area contributed by atoms with Crippen molar-refractivity contribution in [2.45, 2.75) is 13.8 Å². The normalized spacial score (nSPS) is 11.4. The number of carboxylic acid groups (broad SMARTS) is 1. The maximum absolute atomic E-state index is 11.8. The van der Waals surface area contributed by atoms with Crippen LogP contribution < -0.4 is 5.32 Å². The Morgan fingerprint density at radius 1 is 1.39 bits per heavy atom. The first kappa shape index (κ1) is 12.1. The minimum absolute atomic E-state index is 0.533. The molecule has 2 aromatic rings. The van der Waals surface area contributed by atoms with Gasteiger partial charge >= 0.3 is 5.97 Å². The summed E-state index contributed by atoms with van der Waals surface area (Å²) >= 11 is 0. The molecule has 18 heavy (non-hydrogen) atoms. The second-order valence-corrected chi connectivity index (χ2v) is 4.52. The Kier molecular flexibility index (Phi) is 2.78. The van der Waals surface area contributed by atoms with Gasteiger partial charge in [-0.15, -0.1) is 0 Å². The molecule has 0 aliphatic rings. The molecule has 94 valence electrons. The Balaban J connectivity index is 2.23. The van der Waals surface area contributed by atoms with Crippen molar-refractivity contribution in [3.8, 4) is 0 Å². The highest BCUT2D eigenvalue weighted by Gasteiger charge is 2.35. The minimum Gasteiger partial charge on any atom is -0.480 e. The van der Waals surface area contributed by atoms with Crippen LogP contribution in [0.4, 0.5) is 5.69 Å². The van der Waals surface area contributed by atoms with Crippen molar-refractivity contribution in [1.82, 2.24) is 9.97 Å². The molecule has 2 rings (SSSR count). The summed E-state index contributed by atoms with van der Waals surface area (Å²) in [6, 6.07) is 5.13. The van der Waals surface area contributed by atoms with Crippen LogP contribution in [0.5, 0.6) is 0 Å². The van der Waals surface area contributed by atoms with E-state index in [0.29, 0.717) is 5.69 Å². The third kappa shape index (κ3) is 2.04. The van der Waals surface area contributed by atoms with Gasteiger partial charge < -0.3 is 15.4 Å². The molecule has 0 aliphatic carbocycles. The van der Waals surface area contributed by atoms with Crippen LogP contribution in [0.3, 0.4) is 0 Å². The Bertz CT molecular complexity index is 616. The molecule has 0 saturated heterocycles. The van der Waals surface area contributed by atoms with E-state index in [9.17, 15) is 9.59 Å². The molecule has 6 nitrogen and oxygen atoms in total. The molecule has 3 N–H and O–H groups in total. The number of amides is 1. The number of anilines is 1. The molecule has 0 unspecified atom stereocenters. The predicted molar refractivity (Wildman–Crippen MR) is 66.1 cm³/mol. The number of carbonyl (C=O) groups is 2. The lowest BCUT2D eigenvalue weighted by atomic mass is 9.92. The Morgan fingerprint density at radius 3 is 2.78 bits per heavy atom. The fourth-order valence-electron chi connectivity index (χ4n) is 1.40. The molecule has 0 saturated carbocycles. The van der Waals surface area contributed by atoms with E-state index in [-0.39, 0.29) is 0 Å². The SMILES string of the molecule is CC(C)(C(=O)O)C(=O)Nc1ccc2nc[nH]c2c1. The summed E-state index contributed by atoms with van der Waals surface area (Å²) in [4.78, 5) is 29.7. The summed E-state index contributed by atoms with van der Waals surface area (Å²) in [5.74, 6) is -1.73. The Labute approximate surface area is 103 Å². The van der Waals surface area contributed by atoms with Gasteiger partial charge in [-0.2, -0.15) is 0 Å². The summed E-state index contributed by atoms with van der Waals surface area (Å²) in [6.07, 6.45) is 1.55. The van der Waals surface area contributed by atoms with Crippen LogP contribution in [-0.4, -0.2) is 27.0 Å². The molecular weight excluding hydrogens is 234 g/mol. The smallest absolute Gasteiger partial charge is 0.318 e. The number of nitrogens with one attached hydrogen (secondary N) is 2. The predicted octanol–water partition coefficient (Wildman–Crippen LogP) is 1.61. The maximum atomic E-state index is 11.8. The van der Waals surface area contributed by atoms with E-state index >= 15 is 0 Å². The highest BCUT2D eigenvalue weighted by atomic mass is 16.4. The number of carboxylic acids is 1. The number of aromatic nitrogens is 2. The molecule has 1 aromatic heterocycles. The van der Waals surface area contributed by atoms with Crippen LogP contribution in [0.25, 0.3) is 11.0 Å². The van der Waals surface area contributed by atoms with Gasteiger partial charge in [-0.25, -0.2) is 4.98 Å². The minimum atomic E-state index is -1.47. The van der Waals surface area contributed by atoms with Gasteiger partial charge in [0.15, 0.2) is 0 Å². The molecule has 1 amide bonds. The first-order valence-corrected chi connectivity index (χ1v) is 5.39. The number of aromatic amines is 1. The molecule has 0 fully saturated rings. The first-order valence-electron chi connectivity index (χ1n) is 5.39. The fourth-order valence-corrected chi connectivity index (χ4v) is 1.40. The van der Waals surface area contributed by atoms with Gasteiger partial charge in [0.25, 0.3) is 0 Å². The topological polar surface area (TPSA) is 95.1 Å². The zero-order valence-electron chi connectivity index (χ0n) is 10.0. The third-order valence-corrected chi connectivity index (χ3v) is 2.78.